The average molecular weight is 313 g/mol. The van der Waals surface area contributed by atoms with Gasteiger partial charge in [-0.05, 0) is 35.4 Å². The first-order valence-corrected chi connectivity index (χ1v) is 6.78. The second kappa shape index (κ2) is 7.69. The molecule has 7 nitrogen and oxygen atoms in total. The monoisotopic (exact) mass is 313 g/mol. The Kier molecular flexibility index (Phi) is 5.40. The highest BCUT2D eigenvalue weighted by Gasteiger charge is 2.04. The predicted octanol–water partition coefficient (Wildman–Crippen LogP) is 2.30. The van der Waals surface area contributed by atoms with Crippen molar-refractivity contribution in [1.82, 2.24) is 5.43 Å². The number of nitro groups is 1. The molecule has 0 radical (unpaired) electrons. The molecule has 0 saturated carbocycles. The van der Waals surface area contributed by atoms with Gasteiger partial charge in [-0.3, -0.25) is 14.9 Å². The molecule has 23 heavy (non-hydrogen) atoms. The van der Waals surface area contributed by atoms with E-state index in [2.05, 4.69) is 10.5 Å². The Morgan fingerprint density at radius 1 is 1.22 bits per heavy atom. The first kappa shape index (κ1) is 16.2. The third kappa shape index (κ3) is 4.92. The summed E-state index contributed by atoms with van der Waals surface area (Å²) < 4.78 is 5.04. The van der Waals surface area contributed by atoms with Crippen molar-refractivity contribution < 1.29 is 14.5 Å². The lowest BCUT2D eigenvalue weighted by Crippen LogP contribution is -2.19. The van der Waals surface area contributed by atoms with E-state index < -0.39 is 4.92 Å². The van der Waals surface area contributed by atoms with Gasteiger partial charge in [0.25, 0.3) is 5.69 Å². The molecule has 0 heterocycles. The van der Waals surface area contributed by atoms with Crippen molar-refractivity contribution in [3.05, 3.63) is 69.8 Å². The first-order chi connectivity index (χ1) is 11.1. The summed E-state index contributed by atoms with van der Waals surface area (Å²) in [5.41, 5.74) is 3.91. The van der Waals surface area contributed by atoms with Crippen LogP contribution in [0.4, 0.5) is 5.69 Å². The van der Waals surface area contributed by atoms with Crippen LogP contribution in [0.15, 0.2) is 53.6 Å². The number of carbonyl (C=O) groups is 1. The molecular formula is C16H15N3O4. The number of nitrogens with zero attached hydrogens (tertiary/aromatic N) is 2. The number of ether oxygens (including phenoxy) is 1. The van der Waals surface area contributed by atoms with Gasteiger partial charge in [0.1, 0.15) is 5.75 Å². The zero-order chi connectivity index (χ0) is 16.7. The van der Waals surface area contributed by atoms with E-state index in [9.17, 15) is 14.9 Å². The topological polar surface area (TPSA) is 93.8 Å². The molecule has 2 aromatic rings. The molecule has 0 fully saturated rings. The molecule has 7 heteroatoms. The number of carbonyl (C=O) groups excluding carboxylic acids is 1. The van der Waals surface area contributed by atoms with Gasteiger partial charge in [0, 0.05) is 12.1 Å². The summed E-state index contributed by atoms with van der Waals surface area (Å²) in [7, 11) is 1.58. The summed E-state index contributed by atoms with van der Waals surface area (Å²) in [5.74, 6) is 0.471. The maximum absolute atomic E-state index is 11.8. The average Bonchev–Trinajstić information content (AvgIpc) is 2.56. The fourth-order valence-corrected chi connectivity index (χ4v) is 1.83. The summed E-state index contributed by atoms with van der Waals surface area (Å²) in [4.78, 5) is 21.8. The standard InChI is InChI=1S/C16H15N3O4/c1-23-15-8-4-12(5-9-15)10-16(20)18-17-11-13-2-6-14(7-3-13)19(21)22/h2-9,11H,10H2,1H3,(H,18,20)/b17-11-. The lowest BCUT2D eigenvalue weighted by molar-refractivity contribution is -0.384. The maximum Gasteiger partial charge on any atom is 0.269 e. The van der Waals surface area contributed by atoms with Crippen molar-refractivity contribution in [2.24, 2.45) is 5.10 Å². The molecule has 0 saturated heterocycles. The largest absolute Gasteiger partial charge is 0.497 e. The fraction of sp³-hybridized carbons (Fsp3) is 0.125. The van der Waals surface area contributed by atoms with Crippen molar-refractivity contribution in [3.63, 3.8) is 0 Å². The summed E-state index contributed by atoms with van der Waals surface area (Å²) >= 11 is 0. The molecule has 1 N–H and O–H groups in total. The molecule has 0 bridgehead atoms. The molecule has 2 aromatic carbocycles. The van der Waals surface area contributed by atoms with Crippen molar-refractivity contribution in [2.75, 3.05) is 7.11 Å². The molecule has 0 aliphatic carbocycles. The molecule has 0 unspecified atom stereocenters. The van der Waals surface area contributed by atoms with Crippen LogP contribution < -0.4 is 10.2 Å². The van der Waals surface area contributed by atoms with Gasteiger partial charge in [-0.1, -0.05) is 12.1 Å². The van der Waals surface area contributed by atoms with Gasteiger partial charge >= 0.3 is 0 Å². The lowest BCUT2D eigenvalue weighted by atomic mass is 10.1. The van der Waals surface area contributed by atoms with E-state index in [1.807, 2.05) is 0 Å². The van der Waals surface area contributed by atoms with Gasteiger partial charge in [0.2, 0.25) is 5.91 Å². The number of methoxy groups -OCH3 is 1. The Morgan fingerprint density at radius 2 is 1.87 bits per heavy atom. The molecule has 0 spiro atoms. The summed E-state index contributed by atoms with van der Waals surface area (Å²) in [6, 6.07) is 13.0. The molecule has 0 aromatic heterocycles. The highest BCUT2D eigenvalue weighted by atomic mass is 16.6. The molecule has 2 rings (SSSR count). The van der Waals surface area contributed by atoms with Crippen LogP contribution >= 0.6 is 0 Å². The zero-order valence-corrected chi connectivity index (χ0v) is 12.4. The van der Waals surface area contributed by atoms with Gasteiger partial charge in [-0.25, -0.2) is 5.43 Å². The summed E-state index contributed by atoms with van der Waals surface area (Å²) in [5, 5.41) is 14.4. The Bertz CT molecular complexity index is 709. The van der Waals surface area contributed by atoms with E-state index in [1.165, 1.54) is 18.3 Å². The number of hydrogen-bond acceptors (Lipinski definition) is 5. The number of rotatable bonds is 6. The van der Waals surface area contributed by atoms with Crippen LogP contribution in [0.1, 0.15) is 11.1 Å². The van der Waals surface area contributed by atoms with Crippen LogP contribution in [0, 0.1) is 10.1 Å². The lowest BCUT2D eigenvalue weighted by Gasteiger charge is -2.02. The Balaban J connectivity index is 1.86. The van der Waals surface area contributed by atoms with Crippen LogP contribution in [-0.2, 0) is 11.2 Å². The fourth-order valence-electron chi connectivity index (χ4n) is 1.83. The van der Waals surface area contributed by atoms with Crippen LogP contribution in [0.2, 0.25) is 0 Å². The number of benzene rings is 2. The molecule has 0 aliphatic heterocycles. The van der Waals surface area contributed by atoms with Gasteiger partial charge in [0.15, 0.2) is 0 Å². The minimum absolute atomic E-state index is 0.00527. The maximum atomic E-state index is 11.8. The van der Waals surface area contributed by atoms with E-state index in [-0.39, 0.29) is 18.0 Å². The SMILES string of the molecule is COc1ccc(CC(=O)N/N=C\c2ccc([N+](=O)[O-])cc2)cc1. The zero-order valence-electron chi connectivity index (χ0n) is 12.4. The smallest absolute Gasteiger partial charge is 0.269 e. The quantitative estimate of drug-likeness (QED) is 0.503. The molecule has 1 amide bonds. The van der Waals surface area contributed by atoms with Crippen LogP contribution in [0.5, 0.6) is 5.75 Å². The van der Waals surface area contributed by atoms with E-state index >= 15 is 0 Å². The number of nitro benzene ring substituents is 1. The van der Waals surface area contributed by atoms with Crippen LogP contribution in [0.25, 0.3) is 0 Å². The van der Waals surface area contributed by atoms with Crippen LogP contribution in [0.3, 0.4) is 0 Å². The Labute approximate surface area is 132 Å². The Hall–Kier alpha value is -3.22. The Morgan fingerprint density at radius 3 is 2.43 bits per heavy atom. The minimum Gasteiger partial charge on any atom is -0.497 e. The highest BCUT2D eigenvalue weighted by Crippen LogP contribution is 2.12. The van der Waals surface area contributed by atoms with Gasteiger partial charge < -0.3 is 4.74 Å². The summed E-state index contributed by atoms with van der Waals surface area (Å²) in [6.07, 6.45) is 1.62. The van der Waals surface area contributed by atoms with Gasteiger partial charge in [-0.15, -0.1) is 0 Å². The first-order valence-electron chi connectivity index (χ1n) is 6.78. The number of nitrogens with one attached hydrogen (secondary N) is 1. The van der Waals surface area contributed by atoms with Crippen molar-refractivity contribution in [1.29, 1.82) is 0 Å². The second-order valence-corrected chi connectivity index (χ2v) is 4.67. The van der Waals surface area contributed by atoms with E-state index in [1.54, 1.807) is 43.5 Å². The third-order valence-electron chi connectivity index (χ3n) is 3.03. The number of hydrogen-bond donors (Lipinski definition) is 1. The van der Waals surface area contributed by atoms with Gasteiger partial charge in [-0.2, -0.15) is 5.10 Å². The number of amides is 1. The molecule has 118 valence electrons. The van der Waals surface area contributed by atoms with Gasteiger partial charge in [0.05, 0.1) is 24.7 Å². The highest BCUT2D eigenvalue weighted by molar-refractivity contribution is 5.83. The molecular weight excluding hydrogens is 298 g/mol. The van der Waals surface area contributed by atoms with E-state index in [0.717, 1.165) is 11.3 Å². The molecule has 0 aliphatic rings. The van der Waals surface area contributed by atoms with E-state index in [4.69, 9.17) is 4.74 Å². The van der Waals surface area contributed by atoms with Crippen LogP contribution in [-0.4, -0.2) is 24.2 Å². The minimum atomic E-state index is -0.475. The third-order valence-corrected chi connectivity index (χ3v) is 3.03. The predicted molar refractivity (Wildman–Crippen MR) is 85.5 cm³/mol. The summed E-state index contributed by atoms with van der Waals surface area (Å²) in [6.45, 7) is 0. The van der Waals surface area contributed by atoms with E-state index in [0.29, 0.717) is 5.56 Å². The van der Waals surface area contributed by atoms with Crippen molar-refractivity contribution in [3.8, 4) is 5.75 Å². The number of hydrazone groups is 1. The normalized spacial score (nSPS) is 10.5. The number of non-ortho nitro benzene ring substituents is 1. The van der Waals surface area contributed by atoms with Crippen molar-refractivity contribution >= 4 is 17.8 Å². The molecule has 0 atom stereocenters. The van der Waals surface area contributed by atoms with Crippen molar-refractivity contribution in [2.45, 2.75) is 6.42 Å². The second-order valence-electron chi connectivity index (χ2n) is 4.67.